The van der Waals surface area contributed by atoms with Gasteiger partial charge in [0.15, 0.2) is 0 Å². The third-order valence-corrected chi connectivity index (χ3v) is 4.71. The Kier molecular flexibility index (Phi) is 4.42. The van der Waals surface area contributed by atoms with Crippen molar-refractivity contribution < 1.29 is 0 Å². The summed E-state index contributed by atoms with van der Waals surface area (Å²) in [6.45, 7) is 4.49. The van der Waals surface area contributed by atoms with E-state index in [2.05, 4.69) is 31.3 Å². The fraction of sp³-hybridized carbons (Fsp3) is 0.714. The lowest BCUT2D eigenvalue weighted by Crippen LogP contribution is -2.30. The lowest BCUT2D eigenvalue weighted by molar-refractivity contribution is 0.417. The summed E-state index contributed by atoms with van der Waals surface area (Å²) < 4.78 is 0. The molecule has 2 heteroatoms. The minimum Gasteiger partial charge on any atom is -0.307 e. The number of rotatable bonds is 3. The highest BCUT2D eigenvalue weighted by Gasteiger charge is 2.15. The van der Waals surface area contributed by atoms with E-state index in [1.807, 2.05) is 11.3 Å². The molecule has 1 saturated carbocycles. The number of aryl methyl sites for hydroxylation is 1. The van der Waals surface area contributed by atoms with Crippen LogP contribution < -0.4 is 5.32 Å². The molecular weight excluding hydrogens is 214 g/mol. The Labute approximate surface area is 103 Å². The molecule has 1 atom stereocenters. The molecule has 1 aromatic heterocycles. The molecule has 1 fully saturated rings. The summed E-state index contributed by atoms with van der Waals surface area (Å²) in [6.07, 6.45) is 8.43. The Hall–Kier alpha value is -0.340. The van der Waals surface area contributed by atoms with Crippen molar-refractivity contribution in [1.82, 2.24) is 5.32 Å². The second kappa shape index (κ2) is 5.83. The Morgan fingerprint density at radius 2 is 1.88 bits per heavy atom. The van der Waals surface area contributed by atoms with Crippen LogP contribution in [0.5, 0.6) is 0 Å². The molecule has 1 aliphatic rings. The first-order valence-electron chi connectivity index (χ1n) is 6.58. The Morgan fingerprint density at radius 1 is 1.19 bits per heavy atom. The van der Waals surface area contributed by atoms with Crippen LogP contribution in [0.15, 0.2) is 12.1 Å². The van der Waals surface area contributed by atoms with E-state index in [0.29, 0.717) is 6.04 Å². The first-order chi connectivity index (χ1) is 7.75. The highest BCUT2D eigenvalue weighted by atomic mass is 32.1. The smallest absolute Gasteiger partial charge is 0.0388 e. The van der Waals surface area contributed by atoms with Gasteiger partial charge in [0.2, 0.25) is 0 Å². The Balaban J connectivity index is 1.88. The SMILES string of the molecule is Cc1ccc(C(C)NC2CCCCCC2)s1. The van der Waals surface area contributed by atoms with Gasteiger partial charge in [-0.05, 0) is 38.8 Å². The first-order valence-corrected chi connectivity index (χ1v) is 7.40. The van der Waals surface area contributed by atoms with E-state index in [9.17, 15) is 0 Å². The van der Waals surface area contributed by atoms with Gasteiger partial charge < -0.3 is 5.32 Å². The van der Waals surface area contributed by atoms with Gasteiger partial charge in [-0.15, -0.1) is 11.3 Å². The second-order valence-corrected chi connectivity index (χ2v) is 6.34. The molecule has 1 unspecified atom stereocenters. The lowest BCUT2D eigenvalue weighted by atomic mass is 10.1. The van der Waals surface area contributed by atoms with Crippen molar-refractivity contribution in [1.29, 1.82) is 0 Å². The maximum atomic E-state index is 3.80. The fourth-order valence-corrected chi connectivity index (χ4v) is 3.46. The van der Waals surface area contributed by atoms with Gasteiger partial charge in [-0.3, -0.25) is 0 Å². The molecule has 1 aromatic rings. The molecule has 0 radical (unpaired) electrons. The van der Waals surface area contributed by atoms with Crippen molar-refractivity contribution in [3.8, 4) is 0 Å². The molecule has 90 valence electrons. The van der Waals surface area contributed by atoms with E-state index in [1.165, 1.54) is 48.3 Å². The third kappa shape index (κ3) is 3.33. The minimum atomic E-state index is 0.529. The zero-order chi connectivity index (χ0) is 11.4. The number of hydrogen-bond donors (Lipinski definition) is 1. The van der Waals surface area contributed by atoms with Gasteiger partial charge in [-0.2, -0.15) is 0 Å². The van der Waals surface area contributed by atoms with E-state index in [-0.39, 0.29) is 0 Å². The van der Waals surface area contributed by atoms with Crippen LogP contribution in [0.3, 0.4) is 0 Å². The quantitative estimate of drug-likeness (QED) is 0.767. The summed E-state index contributed by atoms with van der Waals surface area (Å²) >= 11 is 1.93. The average Bonchev–Trinajstić information content (AvgIpc) is 2.54. The summed E-state index contributed by atoms with van der Waals surface area (Å²) in [5.41, 5.74) is 0. The van der Waals surface area contributed by atoms with E-state index in [1.54, 1.807) is 0 Å². The van der Waals surface area contributed by atoms with Crippen molar-refractivity contribution in [2.45, 2.75) is 64.5 Å². The zero-order valence-electron chi connectivity index (χ0n) is 10.5. The van der Waals surface area contributed by atoms with Gasteiger partial charge >= 0.3 is 0 Å². The molecule has 16 heavy (non-hydrogen) atoms. The van der Waals surface area contributed by atoms with Crippen LogP contribution in [0.25, 0.3) is 0 Å². The monoisotopic (exact) mass is 237 g/mol. The predicted octanol–water partition coefficient (Wildman–Crippen LogP) is 4.43. The summed E-state index contributed by atoms with van der Waals surface area (Å²) in [4.78, 5) is 2.91. The molecule has 1 nitrogen and oxygen atoms in total. The van der Waals surface area contributed by atoms with E-state index < -0.39 is 0 Å². The molecule has 1 N–H and O–H groups in total. The number of hydrogen-bond acceptors (Lipinski definition) is 2. The predicted molar refractivity (Wildman–Crippen MR) is 72.1 cm³/mol. The van der Waals surface area contributed by atoms with Crippen molar-refractivity contribution in [3.63, 3.8) is 0 Å². The standard InChI is InChI=1S/C14H23NS/c1-11-9-10-14(16-11)12(2)15-13-7-5-3-4-6-8-13/h9-10,12-13,15H,3-8H2,1-2H3. The average molecular weight is 237 g/mol. The fourth-order valence-electron chi connectivity index (χ4n) is 2.57. The highest BCUT2D eigenvalue weighted by Crippen LogP contribution is 2.25. The van der Waals surface area contributed by atoms with Crippen LogP contribution in [0, 0.1) is 6.92 Å². The summed E-state index contributed by atoms with van der Waals surface area (Å²) in [5, 5.41) is 3.80. The highest BCUT2D eigenvalue weighted by molar-refractivity contribution is 7.12. The van der Waals surface area contributed by atoms with E-state index in [4.69, 9.17) is 0 Å². The van der Waals surface area contributed by atoms with Crippen LogP contribution >= 0.6 is 11.3 Å². The van der Waals surface area contributed by atoms with Gasteiger partial charge in [0.1, 0.15) is 0 Å². The molecule has 0 aliphatic heterocycles. The molecule has 0 saturated heterocycles. The minimum absolute atomic E-state index is 0.529. The molecule has 0 bridgehead atoms. The Morgan fingerprint density at radius 3 is 2.44 bits per heavy atom. The zero-order valence-corrected chi connectivity index (χ0v) is 11.3. The van der Waals surface area contributed by atoms with Crippen LogP contribution in [-0.2, 0) is 0 Å². The van der Waals surface area contributed by atoms with Crippen molar-refractivity contribution in [2.24, 2.45) is 0 Å². The topological polar surface area (TPSA) is 12.0 Å². The Bertz CT molecular complexity index is 310. The van der Waals surface area contributed by atoms with Crippen LogP contribution in [0.1, 0.15) is 61.2 Å². The molecular formula is C14H23NS. The first kappa shape index (κ1) is 12.1. The molecule has 1 aliphatic carbocycles. The van der Waals surface area contributed by atoms with Gasteiger partial charge in [-0.25, -0.2) is 0 Å². The van der Waals surface area contributed by atoms with E-state index in [0.717, 1.165) is 6.04 Å². The molecule has 1 heterocycles. The summed E-state index contributed by atoms with van der Waals surface area (Å²) in [5.74, 6) is 0. The second-order valence-electron chi connectivity index (χ2n) is 5.03. The van der Waals surface area contributed by atoms with Crippen LogP contribution in [0.2, 0.25) is 0 Å². The molecule has 0 spiro atoms. The van der Waals surface area contributed by atoms with Crippen molar-refractivity contribution in [3.05, 3.63) is 21.9 Å². The molecule has 0 amide bonds. The van der Waals surface area contributed by atoms with Crippen molar-refractivity contribution >= 4 is 11.3 Å². The summed E-state index contributed by atoms with van der Waals surface area (Å²) in [7, 11) is 0. The number of nitrogens with one attached hydrogen (secondary N) is 1. The van der Waals surface area contributed by atoms with E-state index >= 15 is 0 Å². The molecule has 2 rings (SSSR count). The third-order valence-electron chi connectivity index (χ3n) is 3.53. The van der Waals surface area contributed by atoms with Crippen LogP contribution in [0.4, 0.5) is 0 Å². The van der Waals surface area contributed by atoms with Crippen LogP contribution in [-0.4, -0.2) is 6.04 Å². The largest absolute Gasteiger partial charge is 0.307 e. The lowest BCUT2D eigenvalue weighted by Gasteiger charge is -2.21. The van der Waals surface area contributed by atoms with Crippen molar-refractivity contribution in [2.75, 3.05) is 0 Å². The van der Waals surface area contributed by atoms with Gasteiger partial charge in [0, 0.05) is 21.8 Å². The van der Waals surface area contributed by atoms with Gasteiger partial charge in [0.25, 0.3) is 0 Å². The van der Waals surface area contributed by atoms with Gasteiger partial charge in [-0.1, -0.05) is 25.7 Å². The number of thiophene rings is 1. The molecule has 0 aromatic carbocycles. The maximum absolute atomic E-state index is 3.80. The normalized spacial score (nSPS) is 20.6. The maximum Gasteiger partial charge on any atom is 0.0388 e. The van der Waals surface area contributed by atoms with Gasteiger partial charge in [0.05, 0.1) is 0 Å². The summed E-state index contributed by atoms with van der Waals surface area (Å²) in [6, 6.07) is 5.78.